The monoisotopic (exact) mass is 331 g/mol. The summed E-state index contributed by atoms with van der Waals surface area (Å²) in [5, 5.41) is 2.90. The molecule has 0 aromatic rings. The first-order chi connectivity index (χ1) is 9.99. The molecule has 5 nitrogen and oxygen atoms in total. The quantitative estimate of drug-likeness (QED) is 0.823. The summed E-state index contributed by atoms with van der Waals surface area (Å²) in [6.45, 7) is 5.08. The highest BCUT2D eigenvalue weighted by molar-refractivity contribution is 5.87. The Kier molecular flexibility index (Phi) is 7.63. The number of halogens is 1. The number of carbonyl (C=O) groups excluding carboxylic acids is 2. The minimum absolute atomic E-state index is 0. The maximum absolute atomic E-state index is 12.8. The predicted molar refractivity (Wildman–Crippen MR) is 89.8 cm³/mol. The van der Waals surface area contributed by atoms with Gasteiger partial charge in [0.25, 0.3) is 0 Å². The molecule has 0 bridgehead atoms. The molecule has 0 spiro atoms. The van der Waals surface area contributed by atoms with Crippen LogP contribution < -0.4 is 11.1 Å². The van der Waals surface area contributed by atoms with Crippen LogP contribution in [0.3, 0.4) is 0 Å². The van der Waals surface area contributed by atoms with Gasteiger partial charge >= 0.3 is 0 Å². The van der Waals surface area contributed by atoms with E-state index < -0.39 is 0 Å². The molecule has 2 unspecified atom stereocenters. The van der Waals surface area contributed by atoms with Gasteiger partial charge in [-0.3, -0.25) is 9.59 Å². The van der Waals surface area contributed by atoms with Gasteiger partial charge in [-0.05, 0) is 44.4 Å². The second-order valence-electron chi connectivity index (χ2n) is 6.74. The van der Waals surface area contributed by atoms with Crippen molar-refractivity contribution in [3.63, 3.8) is 0 Å². The Bertz CT molecular complexity index is 376. The Morgan fingerprint density at radius 3 is 2.09 bits per heavy atom. The van der Waals surface area contributed by atoms with E-state index in [1.807, 2.05) is 11.8 Å². The Morgan fingerprint density at radius 1 is 1.09 bits per heavy atom. The molecule has 0 radical (unpaired) electrons. The molecular weight excluding hydrogens is 302 g/mol. The molecule has 1 heterocycles. The molecule has 2 rings (SSSR count). The van der Waals surface area contributed by atoms with Crippen molar-refractivity contribution < 1.29 is 9.59 Å². The lowest BCUT2D eigenvalue weighted by Crippen LogP contribution is -2.53. The topological polar surface area (TPSA) is 75.4 Å². The van der Waals surface area contributed by atoms with Crippen LogP contribution in [0.15, 0.2) is 0 Å². The van der Waals surface area contributed by atoms with Crippen molar-refractivity contribution in [1.29, 1.82) is 0 Å². The van der Waals surface area contributed by atoms with E-state index >= 15 is 0 Å². The van der Waals surface area contributed by atoms with Crippen molar-refractivity contribution in [2.45, 2.75) is 64.5 Å². The van der Waals surface area contributed by atoms with Gasteiger partial charge in [-0.15, -0.1) is 12.4 Å². The van der Waals surface area contributed by atoms with E-state index in [2.05, 4.69) is 5.32 Å². The summed E-state index contributed by atoms with van der Waals surface area (Å²) in [5.74, 6) is 0.832. The van der Waals surface area contributed by atoms with Crippen LogP contribution in [0.1, 0.15) is 52.4 Å². The molecule has 1 saturated heterocycles. The zero-order valence-corrected chi connectivity index (χ0v) is 14.5. The first-order valence-corrected chi connectivity index (χ1v) is 8.30. The van der Waals surface area contributed by atoms with Crippen LogP contribution >= 0.6 is 12.4 Å². The molecular formula is C16H30ClN3O2. The molecule has 3 N–H and O–H groups in total. The fourth-order valence-electron chi connectivity index (χ4n) is 3.73. The predicted octanol–water partition coefficient (Wildman–Crippen LogP) is 1.69. The lowest BCUT2D eigenvalue weighted by molar-refractivity contribution is -0.139. The third-order valence-corrected chi connectivity index (χ3v) is 5.09. The number of hydrogen-bond acceptors (Lipinski definition) is 3. The molecule has 1 aliphatic heterocycles. The SMILES string of the molecule is CC(=O)NC(C(=O)N1CCC(C(C)N)CC1)C1CCCC1.Cl. The number of nitrogens with zero attached hydrogens (tertiary/aromatic N) is 1. The first-order valence-electron chi connectivity index (χ1n) is 8.30. The minimum Gasteiger partial charge on any atom is -0.344 e. The fraction of sp³-hybridized carbons (Fsp3) is 0.875. The first kappa shape index (κ1) is 19.2. The summed E-state index contributed by atoms with van der Waals surface area (Å²) in [5.41, 5.74) is 5.95. The van der Waals surface area contributed by atoms with Gasteiger partial charge in [0.15, 0.2) is 0 Å². The normalized spacial score (nSPS) is 22.8. The summed E-state index contributed by atoms with van der Waals surface area (Å²) in [6.07, 6.45) is 6.38. The van der Waals surface area contributed by atoms with Crippen molar-refractivity contribution in [1.82, 2.24) is 10.2 Å². The lowest BCUT2D eigenvalue weighted by atomic mass is 9.89. The summed E-state index contributed by atoms with van der Waals surface area (Å²) in [4.78, 5) is 26.1. The second kappa shape index (κ2) is 8.73. The standard InChI is InChI=1S/C16H29N3O2.ClH/c1-11(17)13-7-9-19(10-8-13)16(21)15(18-12(2)20)14-5-3-4-6-14;/h11,13-15H,3-10,17H2,1-2H3,(H,18,20);1H. The van der Waals surface area contributed by atoms with Crippen LogP contribution in [0.2, 0.25) is 0 Å². The number of rotatable bonds is 4. The zero-order chi connectivity index (χ0) is 15.4. The molecule has 2 aliphatic rings. The molecule has 22 heavy (non-hydrogen) atoms. The van der Waals surface area contributed by atoms with Gasteiger partial charge in [0, 0.05) is 26.1 Å². The van der Waals surface area contributed by atoms with Crippen molar-refractivity contribution in [3.05, 3.63) is 0 Å². The van der Waals surface area contributed by atoms with Crippen LogP contribution in [-0.2, 0) is 9.59 Å². The van der Waals surface area contributed by atoms with E-state index in [0.29, 0.717) is 11.8 Å². The maximum Gasteiger partial charge on any atom is 0.245 e. The number of likely N-dealkylation sites (tertiary alicyclic amines) is 1. The van der Waals surface area contributed by atoms with E-state index in [1.165, 1.54) is 19.8 Å². The van der Waals surface area contributed by atoms with E-state index in [0.717, 1.165) is 38.8 Å². The lowest BCUT2D eigenvalue weighted by Gasteiger charge is -2.37. The minimum atomic E-state index is -0.322. The molecule has 1 aliphatic carbocycles. The Labute approximate surface area is 139 Å². The van der Waals surface area contributed by atoms with Crippen molar-refractivity contribution >= 4 is 24.2 Å². The molecule has 2 amide bonds. The van der Waals surface area contributed by atoms with Gasteiger partial charge in [-0.25, -0.2) is 0 Å². The van der Waals surface area contributed by atoms with Crippen LogP contribution in [-0.4, -0.2) is 41.9 Å². The smallest absolute Gasteiger partial charge is 0.245 e. The highest BCUT2D eigenvalue weighted by Crippen LogP contribution is 2.29. The maximum atomic E-state index is 12.8. The Hall–Kier alpha value is -0.810. The molecule has 128 valence electrons. The molecule has 1 saturated carbocycles. The van der Waals surface area contributed by atoms with E-state index in [-0.39, 0.29) is 36.3 Å². The number of amides is 2. The molecule has 2 atom stereocenters. The van der Waals surface area contributed by atoms with Crippen molar-refractivity contribution in [2.24, 2.45) is 17.6 Å². The summed E-state index contributed by atoms with van der Waals surface area (Å²) >= 11 is 0. The van der Waals surface area contributed by atoms with E-state index in [1.54, 1.807) is 0 Å². The Balaban J connectivity index is 0.00000242. The number of hydrogen-bond donors (Lipinski definition) is 2. The summed E-state index contributed by atoms with van der Waals surface area (Å²) in [7, 11) is 0. The van der Waals surface area contributed by atoms with Crippen molar-refractivity contribution in [3.8, 4) is 0 Å². The average Bonchev–Trinajstić information content (AvgIpc) is 2.98. The highest BCUT2D eigenvalue weighted by Gasteiger charge is 2.35. The van der Waals surface area contributed by atoms with E-state index in [4.69, 9.17) is 5.73 Å². The van der Waals surface area contributed by atoms with Gasteiger partial charge in [0.05, 0.1) is 0 Å². The van der Waals surface area contributed by atoms with Gasteiger partial charge in [-0.1, -0.05) is 12.8 Å². The molecule has 6 heteroatoms. The largest absolute Gasteiger partial charge is 0.344 e. The zero-order valence-electron chi connectivity index (χ0n) is 13.7. The summed E-state index contributed by atoms with van der Waals surface area (Å²) < 4.78 is 0. The Morgan fingerprint density at radius 2 is 1.64 bits per heavy atom. The third kappa shape index (κ3) is 4.85. The number of piperidine rings is 1. The van der Waals surface area contributed by atoms with Crippen LogP contribution in [0.5, 0.6) is 0 Å². The fourth-order valence-corrected chi connectivity index (χ4v) is 3.73. The van der Waals surface area contributed by atoms with Gasteiger partial charge < -0.3 is 16.0 Å². The number of nitrogens with one attached hydrogen (secondary N) is 1. The van der Waals surface area contributed by atoms with Crippen molar-refractivity contribution in [2.75, 3.05) is 13.1 Å². The number of carbonyl (C=O) groups is 2. The van der Waals surface area contributed by atoms with Gasteiger partial charge in [0.1, 0.15) is 6.04 Å². The molecule has 0 aromatic heterocycles. The second-order valence-corrected chi connectivity index (χ2v) is 6.74. The van der Waals surface area contributed by atoms with Crippen LogP contribution in [0.4, 0.5) is 0 Å². The molecule has 0 aromatic carbocycles. The van der Waals surface area contributed by atoms with E-state index in [9.17, 15) is 9.59 Å². The third-order valence-electron chi connectivity index (χ3n) is 5.09. The van der Waals surface area contributed by atoms with Crippen LogP contribution in [0, 0.1) is 11.8 Å². The number of nitrogens with two attached hydrogens (primary N) is 1. The molecule has 2 fully saturated rings. The van der Waals surface area contributed by atoms with Gasteiger partial charge in [0.2, 0.25) is 11.8 Å². The summed E-state index contributed by atoms with van der Waals surface area (Å²) in [6, 6.07) is -0.125. The average molecular weight is 332 g/mol. The highest BCUT2D eigenvalue weighted by atomic mass is 35.5. The van der Waals surface area contributed by atoms with Crippen LogP contribution in [0.25, 0.3) is 0 Å². The van der Waals surface area contributed by atoms with Gasteiger partial charge in [-0.2, -0.15) is 0 Å².